The van der Waals surface area contributed by atoms with Crippen LogP contribution in [0.15, 0.2) is 48.5 Å². The van der Waals surface area contributed by atoms with E-state index >= 15 is 0 Å². The Labute approximate surface area is 103 Å². The largest absolute Gasteiger partial charge is 0.479 e. The summed E-state index contributed by atoms with van der Waals surface area (Å²) in [7, 11) is 0. The molecule has 1 atom stereocenters. The fourth-order valence-electron chi connectivity index (χ4n) is 1.81. The smallest absolute Gasteiger partial charge is 0.337 e. The van der Waals surface area contributed by atoms with E-state index in [0.29, 0.717) is 5.56 Å². The van der Waals surface area contributed by atoms with Crippen LogP contribution in [0.5, 0.6) is 0 Å². The first-order valence-electron chi connectivity index (χ1n) is 5.36. The molecule has 18 heavy (non-hydrogen) atoms. The van der Waals surface area contributed by atoms with E-state index in [1.165, 1.54) is 18.2 Å². The van der Waals surface area contributed by atoms with Crippen LogP contribution < -0.4 is 0 Å². The Kier molecular flexibility index (Phi) is 3.39. The van der Waals surface area contributed by atoms with Crippen molar-refractivity contribution in [1.29, 1.82) is 0 Å². The maximum Gasteiger partial charge on any atom is 0.337 e. The summed E-state index contributed by atoms with van der Waals surface area (Å²) in [6.45, 7) is 0. The molecule has 1 unspecified atom stereocenters. The molecule has 0 bridgehead atoms. The maximum atomic E-state index is 13.9. The van der Waals surface area contributed by atoms with Gasteiger partial charge in [0.2, 0.25) is 0 Å². The molecule has 0 radical (unpaired) electrons. The predicted molar refractivity (Wildman–Crippen MR) is 64.4 cm³/mol. The molecule has 3 nitrogen and oxygen atoms in total. The lowest BCUT2D eigenvalue weighted by Crippen LogP contribution is -2.12. The monoisotopic (exact) mass is 246 g/mol. The third-order valence-electron chi connectivity index (χ3n) is 2.64. The Morgan fingerprint density at radius 1 is 1.06 bits per heavy atom. The summed E-state index contributed by atoms with van der Waals surface area (Å²) in [6.07, 6.45) is -1.74. The number of rotatable bonds is 3. The van der Waals surface area contributed by atoms with Crippen molar-refractivity contribution in [3.05, 3.63) is 59.9 Å². The zero-order valence-electron chi connectivity index (χ0n) is 9.38. The molecule has 0 saturated carbocycles. The van der Waals surface area contributed by atoms with Gasteiger partial charge in [0.1, 0.15) is 5.82 Å². The number of aliphatic hydroxyl groups is 1. The number of halogens is 1. The Balaban J connectivity index is 2.62. The third-order valence-corrected chi connectivity index (χ3v) is 2.64. The SMILES string of the molecule is O=C(O)C(O)c1cccc(F)c1-c1ccccc1. The number of aliphatic hydroxyl groups excluding tert-OH is 1. The molecule has 0 heterocycles. The molecule has 2 N–H and O–H groups in total. The number of hydrogen-bond donors (Lipinski definition) is 2. The van der Waals surface area contributed by atoms with Crippen molar-refractivity contribution in [1.82, 2.24) is 0 Å². The van der Waals surface area contributed by atoms with Gasteiger partial charge in [0.05, 0.1) is 0 Å². The second-order valence-corrected chi connectivity index (χ2v) is 3.81. The summed E-state index contributed by atoms with van der Waals surface area (Å²) in [5.41, 5.74) is 0.701. The second-order valence-electron chi connectivity index (χ2n) is 3.81. The Hall–Kier alpha value is -2.20. The molecule has 92 valence electrons. The van der Waals surface area contributed by atoms with E-state index in [1.807, 2.05) is 0 Å². The highest BCUT2D eigenvalue weighted by atomic mass is 19.1. The van der Waals surface area contributed by atoms with Crippen molar-refractivity contribution in [3.63, 3.8) is 0 Å². The Morgan fingerprint density at radius 3 is 2.33 bits per heavy atom. The van der Waals surface area contributed by atoms with E-state index < -0.39 is 17.9 Å². The fourth-order valence-corrected chi connectivity index (χ4v) is 1.81. The highest BCUT2D eigenvalue weighted by molar-refractivity contribution is 5.79. The van der Waals surface area contributed by atoms with Crippen molar-refractivity contribution >= 4 is 5.97 Å². The van der Waals surface area contributed by atoms with Crippen LogP contribution in [0.1, 0.15) is 11.7 Å². The van der Waals surface area contributed by atoms with Gasteiger partial charge in [0, 0.05) is 11.1 Å². The van der Waals surface area contributed by atoms with Crippen LogP contribution in [0.3, 0.4) is 0 Å². The Bertz CT molecular complexity index is 567. The average molecular weight is 246 g/mol. The minimum Gasteiger partial charge on any atom is -0.479 e. The molecular weight excluding hydrogens is 235 g/mol. The van der Waals surface area contributed by atoms with Crippen LogP contribution in [0.2, 0.25) is 0 Å². The van der Waals surface area contributed by atoms with Crippen LogP contribution in [0.4, 0.5) is 4.39 Å². The van der Waals surface area contributed by atoms with Crippen LogP contribution in [0.25, 0.3) is 11.1 Å². The quantitative estimate of drug-likeness (QED) is 0.875. The minimum absolute atomic E-state index is 0.0497. The highest BCUT2D eigenvalue weighted by Gasteiger charge is 2.22. The van der Waals surface area contributed by atoms with E-state index in [9.17, 15) is 14.3 Å². The molecule has 0 aromatic heterocycles. The molecule has 0 aliphatic carbocycles. The van der Waals surface area contributed by atoms with Gasteiger partial charge in [-0.05, 0) is 11.6 Å². The summed E-state index contributed by atoms with van der Waals surface area (Å²) in [4.78, 5) is 10.8. The van der Waals surface area contributed by atoms with Gasteiger partial charge in [-0.3, -0.25) is 0 Å². The van der Waals surface area contributed by atoms with Gasteiger partial charge in [-0.1, -0.05) is 42.5 Å². The number of benzene rings is 2. The number of carbonyl (C=O) groups is 1. The lowest BCUT2D eigenvalue weighted by atomic mass is 9.95. The minimum atomic E-state index is -1.74. The van der Waals surface area contributed by atoms with E-state index in [4.69, 9.17) is 5.11 Å². The summed E-state index contributed by atoms with van der Waals surface area (Å²) < 4.78 is 13.9. The Morgan fingerprint density at radius 2 is 1.72 bits per heavy atom. The highest BCUT2D eigenvalue weighted by Crippen LogP contribution is 2.30. The average Bonchev–Trinajstić information content (AvgIpc) is 2.38. The summed E-state index contributed by atoms with van der Waals surface area (Å²) in [5.74, 6) is -1.96. The van der Waals surface area contributed by atoms with Gasteiger partial charge in [-0.2, -0.15) is 0 Å². The molecule has 0 saturated heterocycles. The topological polar surface area (TPSA) is 57.5 Å². The van der Waals surface area contributed by atoms with Crippen LogP contribution in [-0.4, -0.2) is 16.2 Å². The first-order chi connectivity index (χ1) is 8.61. The zero-order chi connectivity index (χ0) is 13.1. The summed E-state index contributed by atoms with van der Waals surface area (Å²) in [5, 5.41) is 18.4. The normalized spacial score (nSPS) is 12.1. The molecular formula is C14H11FO3. The van der Waals surface area contributed by atoms with E-state index in [1.54, 1.807) is 30.3 Å². The van der Waals surface area contributed by atoms with Gasteiger partial charge in [-0.15, -0.1) is 0 Å². The number of aliphatic carboxylic acids is 1. The van der Waals surface area contributed by atoms with Gasteiger partial charge < -0.3 is 10.2 Å². The van der Waals surface area contributed by atoms with Crippen molar-refractivity contribution in [2.45, 2.75) is 6.10 Å². The first kappa shape index (κ1) is 12.3. The first-order valence-corrected chi connectivity index (χ1v) is 5.36. The zero-order valence-corrected chi connectivity index (χ0v) is 9.38. The predicted octanol–water partition coefficient (Wildman–Crippen LogP) is 2.61. The number of carboxylic acid groups (broad SMARTS) is 1. The molecule has 0 aliphatic heterocycles. The standard InChI is InChI=1S/C14H11FO3/c15-11-8-4-7-10(13(16)14(17)18)12(11)9-5-2-1-3-6-9/h1-8,13,16H,(H,17,18). The molecule has 4 heteroatoms. The third kappa shape index (κ3) is 2.24. The molecule has 2 rings (SSSR count). The van der Waals surface area contributed by atoms with Crippen LogP contribution in [-0.2, 0) is 4.79 Å². The lowest BCUT2D eigenvalue weighted by molar-refractivity contribution is -0.146. The van der Waals surface area contributed by atoms with Crippen molar-refractivity contribution in [2.75, 3.05) is 0 Å². The number of hydrogen-bond acceptors (Lipinski definition) is 2. The fraction of sp³-hybridized carbons (Fsp3) is 0.0714. The molecule has 2 aromatic carbocycles. The number of carboxylic acids is 1. The molecule has 0 spiro atoms. The molecule has 0 fully saturated rings. The van der Waals surface area contributed by atoms with E-state index in [2.05, 4.69) is 0 Å². The molecule has 0 aliphatic rings. The van der Waals surface area contributed by atoms with Gasteiger partial charge in [-0.25, -0.2) is 9.18 Å². The summed E-state index contributed by atoms with van der Waals surface area (Å²) in [6, 6.07) is 12.6. The van der Waals surface area contributed by atoms with E-state index in [0.717, 1.165) is 0 Å². The maximum absolute atomic E-state index is 13.9. The van der Waals surface area contributed by atoms with E-state index in [-0.39, 0.29) is 11.1 Å². The van der Waals surface area contributed by atoms with Crippen molar-refractivity contribution in [2.24, 2.45) is 0 Å². The molecule has 2 aromatic rings. The van der Waals surface area contributed by atoms with Gasteiger partial charge in [0.15, 0.2) is 6.10 Å². The van der Waals surface area contributed by atoms with Crippen molar-refractivity contribution in [3.8, 4) is 11.1 Å². The summed E-state index contributed by atoms with van der Waals surface area (Å²) >= 11 is 0. The van der Waals surface area contributed by atoms with Crippen molar-refractivity contribution < 1.29 is 19.4 Å². The second kappa shape index (κ2) is 4.98. The van der Waals surface area contributed by atoms with Gasteiger partial charge >= 0.3 is 5.97 Å². The van der Waals surface area contributed by atoms with Crippen LogP contribution >= 0.6 is 0 Å². The molecule has 0 amide bonds. The van der Waals surface area contributed by atoms with Crippen LogP contribution in [0, 0.1) is 5.82 Å². The lowest BCUT2D eigenvalue weighted by Gasteiger charge is -2.13. The van der Waals surface area contributed by atoms with Gasteiger partial charge in [0.25, 0.3) is 0 Å².